The van der Waals surface area contributed by atoms with Crippen molar-refractivity contribution < 1.29 is 14.7 Å². The molecule has 1 atom stereocenters. The van der Waals surface area contributed by atoms with Gasteiger partial charge in [0.15, 0.2) is 5.84 Å². The van der Waals surface area contributed by atoms with Crippen LogP contribution in [0, 0.1) is 0 Å². The number of hydrogen-bond acceptors (Lipinski definition) is 4. The lowest BCUT2D eigenvalue weighted by Crippen LogP contribution is -2.53. The van der Waals surface area contributed by atoms with E-state index in [1.807, 2.05) is 6.92 Å². The Bertz CT molecular complexity index is 334. The Labute approximate surface area is 114 Å². The number of rotatable bonds is 6. The van der Waals surface area contributed by atoms with Gasteiger partial charge in [0, 0.05) is 13.2 Å². The molecule has 110 valence electrons. The van der Waals surface area contributed by atoms with Crippen LogP contribution in [0.25, 0.3) is 0 Å². The van der Waals surface area contributed by atoms with Crippen LogP contribution in [0.2, 0.25) is 0 Å². The predicted octanol–water partition coefficient (Wildman–Crippen LogP) is 1.32. The Morgan fingerprint density at radius 2 is 2.11 bits per heavy atom. The Morgan fingerprint density at radius 1 is 1.53 bits per heavy atom. The third-order valence-corrected chi connectivity index (χ3v) is 4.06. The first-order valence-corrected chi connectivity index (χ1v) is 6.81. The first-order valence-electron chi connectivity index (χ1n) is 6.81. The van der Waals surface area contributed by atoms with Gasteiger partial charge in [0.2, 0.25) is 0 Å². The number of oxime groups is 1. The van der Waals surface area contributed by atoms with Gasteiger partial charge in [-0.15, -0.1) is 0 Å². The minimum atomic E-state index is -0.849. The summed E-state index contributed by atoms with van der Waals surface area (Å²) >= 11 is 0. The average Bonchev–Trinajstić information content (AvgIpc) is 2.96. The number of hydrogen-bond donors (Lipinski definition) is 2. The van der Waals surface area contributed by atoms with E-state index >= 15 is 0 Å². The Morgan fingerprint density at radius 3 is 2.53 bits per heavy atom. The minimum absolute atomic E-state index is 0.0507. The van der Waals surface area contributed by atoms with Crippen LogP contribution in [0.15, 0.2) is 5.16 Å². The highest BCUT2D eigenvalue weighted by Crippen LogP contribution is 2.27. The zero-order valence-electron chi connectivity index (χ0n) is 12.1. The lowest BCUT2D eigenvalue weighted by molar-refractivity contribution is -0.154. The van der Waals surface area contributed by atoms with Crippen LogP contribution < -0.4 is 5.73 Å². The number of amides is 1. The van der Waals surface area contributed by atoms with E-state index in [1.165, 1.54) is 7.11 Å². The van der Waals surface area contributed by atoms with Gasteiger partial charge in [-0.3, -0.25) is 4.79 Å². The average molecular weight is 271 g/mol. The molecule has 6 nitrogen and oxygen atoms in total. The number of nitrogens with two attached hydrogens (primary N) is 1. The molecule has 1 rings (SSSR count). The van der Waals surface area contributed by atoms with Crippen molar-refractivity contribution in [2.24, 2.45) is 10.9 Å². The van der Waals surface area contributed by atoms with Crippen molar-refractivity contribution in [1.82, 2.24) is 4.90 Å². The fourth-order valence-corrected chi connectivity index (χ4v) is 2.48. The summed E-state index contributed by atoms with van der Waals surface area (Å²) in [6, 6.07) is 0.161. The molecule has 3 N–H and O–H groups in total. The van der Waals surface area contributed by atoms with Gasteiger partial charge < -0.3 is 20.6 Å². The van der Waals surface area contributed by atoms with Crippen LogP contribution in [-0.2, 0) is 9.53 Å². The SMILES string of the molecule is CCC(C)(OC)C(=O)N(CC(N)=NO)C1CCCC1. The summed E-state index contributed by atoms with van der Waals surface area (Å²) in [5.74, 6) is -0.0363. The largest absolute Gasteiger partial charge is 0.409 e. The van der Waals surface area contributed by atoms with Crippen molar-refractivity contribution in [1.29, 1.82) is 0 Å². The normalized spacial score (nSPS) is 20.3. The maximum absolute atomic E-state index is 12.7. The highest BCUT2D eigenvalue weighted by atomic mass is 16.5. The van der Waals surface area contributed by atoms with Gasteiger partial charge in [-0.05, 0) is 26.2 Å². The molecule has 1 amide bonds. The quantitative estimate of drug-likeness (QED) is 0.330. The summed E-state index contributed by atoms with van der Waals surface area (Å²) in [5, 5.41) is 11.7. The van der Waals surface area contributed by atoms with E-state index in [1.54, 1.807) is 11.8 Å². The van der Waals surface area contributed by atoms with Gasteiger partial charge >= 0.3 is 0 Å². The standard InChI is InChI=1S/C13H25N3O3/c1-4-13(2,19-3)12(17)16(9-11(14)15-18)10-7-5-6-8-10/h10,18H,4-9H2,1-3H3,(H2,14,15). The number of ether oxygens (including phenoxy) is 1. The molecular formula is C13H25N3O3. The summed E-state index contributed by atoms with van der Waals surface area (Å²) in [6.07, 6.45) is 4.74. The monoisotopic (exact) mass is 271 g/mol. The van der Waals surface area contributed by atoms with Gasteiger partial charge in [0.25, 0.3) is 5.91 Å². The first kappa shape index (κ1) is 15.8. The fourth-order valence-electron chi connectivity index (χ4n) is 2.48. The summed E-state index contributed by atoms with van der Waals surface area (Å²) < 4.78 is 5.37. The lowest BCUT2D eigenvalue weighted by Gasteiger charge is -2.36. The van der Waals surface area contributed by atoms with E-state index in [0.717, 1.165) is 25.7 Å². The Balaban J connectivity index is 2.91. The van der Waals surface area contributed by atoms with Crippen LogP contribution >= 0.6 is 0 Å². The summed E-state index contributed by atoms with van der Waals surface area (Å²) in [4.78, 5) is 14.4. The van der Waals surface area contributed by atoms with E-state index in [2.05, 4.69) is 5.16 Å². The van der Waals surface area contributed by atoms with Crippen molar-refractivity contribution in [3.05, 3.63) is 0 Å². The fraction of sp³-hybridized carbons (Fsp3) is 0.846. The van der Waals surface area contributed by atoms with Gasteiger partial charge in [-0.25, -0.2) is 0 Å². The molecule has 1 aliphatic rings. The lowest BCUT2D eigenvalue weighted by atomic mass is 9.99. The smallest absolute Gasteiger partial charge is 0.255 e. The molecule has 0 aliphatic heterocycles. The third kappa shape index (κ3) is 3.59. The molecule has 0 saturated heterocycles. The number of carbonyl (C=O) groups excluding carboxylic acids is 1. The number of methoxy groups -OCH3 is 1. The van der Waals surface area contributed by atoms with Crippen molar-refractivity contribution in [3.63, 3.8) is 0 Å². The first-order chi connectivity index (χ1) is 8.98. The summed E-state index contributed by atoms with van der Waals surface area (Å²) in [6.45, 7) is 3.85. The number of nitrogens with zero attached hydrogens (tertiary/aromatic N) is 2. The molecule has 0 aromatic rings. The van der Waals surface area contributed by atoms with E-state index in [-0.39, 0.29) is 24.3 Å². The molecule has 1 fully saturated rings. The Hall–Kier alpha value is -1.30. The molecule has 0 aromatic heterocycles. The van der Waals surface area contributed by atoms with Gasteiger partial charge in [0.05, 0.1) is 6.54 Å². The summed E-state index contributed by atoms with van der Waals surface area (Å²) in [7, 11) is 1.54. The molecule has 0 radical (unpaired) electrons. The minimum Gasteiger partial charge on any atom is -0.409 e. The molecule has 6 heteroatoms. The van der Waals surface area contributed by atoms with Crippen molar-refractivity contribution in [2.75, 3.05) is 13.7 Å². The predicted molar refractivity (Wildman–Crippen MR) is 73.1 cm³/mol. The van der Waals surface area contributed by atoms with Gasteiger partial charge in [-0.1, -0.05) is 24.9 Å². The second kappa shape index (κ2) is 6.75. The highest BCUT2D eigenvalue weighted by Gasteiger charge is 2.39. The molecule has 1 aliphatic carbocycles. The topological polar surface area (TPSA) is 88.2 Å². The molecule has 0 bridgehead atoms. The van der Waals surface area contributed by atoms with Gasteiger partial charge in [-0.2, -0.15) is 0 Å². The van der Waals surface area contributed by atoms with E-state index < -0.39 is 5.60 Å². The van der Waals surface area contributed by atoms with E-state index in [4.69, 9.17) is 15.7 Å². The zero-order valence-corrected chi connectivity index (χ0v) is 12.1. The molecule has 1 saturated carbocycles. The van der Waals surface area contributed by atoms with Crippen LogP contribution in [0.3, 0.4) is 0 Å². The molecule has 1 unspecified atom stereocenters. The number of carbonyl (C=O) groups is 1. The molecule has 19 heavy (non-hydrogen) atoms. The molecule has 0 spiro atoms. The number of amidine groups is 1. The van der Waals surface area contributed by atoms with E-state index in [0.29, 0.717) is 6.42 Å². The van der Waals surface area contributed by atoms with Crippen LogP contribution in [0.5, 0.6) is 0 Å². The second-order valence-electron chi connectivity index (χ2n) is 5.25. The maximum Gasteiger partial charge on any atom is 0.255 e. The van der Waals surface area contributed by atoms with E-state index in [9.17, 15) is 4.79 Å². The van der Waals surface area contributed by atoms with Crippen LogP contribution in [-0.4, -0.2) is 47.1 Å². The van der Waals surface area contributed by atoms with Gasteiger partial charge in [0.1, 0.15) is 5.60 Å². The van der Waals surface area contributed by atoms with Crippen molar-refractivity contribution >= 4 is 11.7 Å². The summed E-state index contributed by atoms with van der Waals surface area (Å²) in [5.41, 5.74) is 4.72. The van der Waals surface area contributed by atoms with Crippen molar-refractivity contribution in [2.45, 2.75) is 57.6 Å². The Kier molecular flexibility index (Phi) is 5.60. The molecular weight excluding hydrogens is 246 g/mol. The second-order valence-corrected chi connectivity index (χ2v) is 5.25. The maximum atomic E-state index is 12.7. The molecule has 0 heterocycles. The highest BCUT2D eigenvalue weighted by molar-refractivity contribution is 5.90. The van der Waals surface area contributed by atoms with Crippen LogP contribution in [0.4, 0.5) is 0 Å². The van der Waals surface area contributed by atoms with Crippen molar-refractivity contribution in [3.8, 4) is 0 Å². The molecule has 0 aromatic carbocycles. The third-order valence-electron chi connectivity index (χ3n) is 4.06. The zero-order chi connectivity index (χ0) is 14.5. The van der Waals surface area contributed by atoms with Crippen LogP contribution in [0.1, 0.15) is 46.0 Å².